The van der Waals surface area contributed by atoms with Crippen molar-refractivity contribution < 1.29 is 4.79 Å². The van der Waals surface area contributed by atoms with Crippen molar-refractivity contribution in [3.05, 3.63) is 37.0 Å². The fourth-order valence-electron chi connectivity index (χ4n) is 3.44. The molecule has 0 aromatic carbocycles. The lowest BCUT2D eigenvalue weighted by Gasteiger charge is -2.36. The van der Waals surface area contributed by atoms with Gasteiger partial charge in [-0.1, -0.05) is 58.6 Å². The summed E-state index contributed by atoms with van der Waals surface area (Å²) in [7, 11) is 0. The number of carbonyl (C=O) groups excluding carboxylic acids is 1. The van der Waals surface area contributed by atoms with E-state index in [4.69, 9.17) is 5.73 Å². The molecular formula is C19H32N2O. The number of hydrogen-bond donors (Lipinski definition) is 2. The molecule has 22 heavy (non-hydrogen) atoms. The Morgan fingerprint density at radius 2 is 2.05 bits per heavy atom. The number of amides is 1. The smallest absolute Gasteiger partial charge is 0.223 e. The summed E-state index contributed by atoms with van der Waals surface area (Å²) in [4.78, 5) is 12.6. The van der Waals surface area contributed by atoms with Gasteiger partial charge in [-0.2, -0.15) is 0 Å². The van der Waals surface area contributed by atoms with E-state index < -0.39 is 0 Å². The van der Waals surface area contributed by atoms with E-state index in [0.29, 0.717) is 24.3 Å². The fourth-order valence-corrected chi connectivity index (χ4v) is 3.44. The van der Waals surface area contributed by atoms with Crippen LogP contribution in [0, 0.1) is 23.7 Å². The monoisotopic (exact) mass is 304 g/mol. The van der Waals surface area contributed by atoms with Crippen molar-refractivity contribution in [3.63, 3.8) is 0 Å². The second kappa shape index (κ2) is 8.94. The van der Waals surface area contributed by atoms with Crippen LogP contribution in [0.25, 0.3) is 0 Å². The van der Waals surface area contributed by atoms with Gasteiger partial charge in [0.2, 0.25) is 5.91 Å². The molecule has 0 saturated heterocycles. The molecule has 0 aromatic heterocycles. The lowest BCUT2D eigenvalue weighted by Crippen LogP contribution is -2.44. The Kier molecular flexibility index (Phi) is 7.60. The molecule has 1 aliphatic rings. The fraction of sp³-hybridized carbons (Fsp3) is 0.632. The molecule has 1 rings (SSSR count). The van der Waals surface area contributed by atoms with Gasteiger partial charge in [-0.05, 0) is 36.2 Å². The topological polar surface area (TPSA) is 55.1 Å². The maximum Gasteiger partial charge on any atom is 0.223 e. The van der Waals surface area contributed by atoms with E-state index >= 15 is 0 Å². The Bertz CT molecular complexity index is 425. The quantitative estimate of drug-likeness (QED) is 0.708. The zero-order valence-corrected chi connectivity index (χ0v) is 14.3. The first-order valence-electron chi connectivity index (χ1n) is 8.39. The third-order valence-corrected chi connectivity index (χ3v) is 4.83. The highest BCUT2D eigenvalue weighted by Crippen LogP contribution is 2.38. The molecule has 124 valence electrons. The van der Waals surface area contributed by atoms with Crippen LogP contribution in [-0.2, 0) is 4.79 Å². The maximum atomic E-state index is 12.6. The molecule has 3 nitrogen and oxygen atoms in total. The zero-order valence-electron chi connectivity index (χ0n) is 14.3. The molecule has 1 fully saturated rings. The highest BCUT2D eigenvalue weighted by Gasteiger charge is 2.35. The largest absolute Gasteiger partial charge is 0.354 e. The maximum absolute atomic E-state index is 12.6. The highest BCUT2D eigenvalue weighted by molar-refractivity contribution is 5.79. The summed E-state index contributed by atoms with van der Waals surface area (Å²) in [5.74, 6) is 1.93. The minimum atomic E-state index is -0.238. The lowest BCUT2D eigenvalue weighted by atomic mass is 9.70. The molecule has 0 bridgehead atoms. The number of hydrogen-bond acceptors (Lipinski definition) is 2. The molecule has 0 heterocycles. The Balaban J connectivity index is 2.64. The first-order chi connectivity index (χ1) is 10.4. The van der Waals surface area contributed by atoms with Crippen LogP contribution >= 0.6 is 0 Å². The van der Waals surface area contributed by atoms with Crippen molar-refractivity contribution in [1.29, 1.82) is 0 Å². The molecule has 3 N–H and O–H groups in total. The molecule has 1 saturated carbocycles. The van der Waals surface area contributed by atoms with Gasteiger partial charge in [0.1, 0.15) is 0 Å². The van der Waals surface area contributed by atoms with Crippen LogP contribution < -0.4 is 11.1 Å². The van der Waals surface area contributed by atoms with E-state index in [-0.39, 0.29) is 17.9 Å². The minimum Gasteiger partial charge on any atom is -0.354 e. The summed E-state index contributed by atoms with van der Waals surface area (Å²) in [5.41, 5.74) is 7.01. The summed E-state index contributed by atoms with van der Waals surface area (Å²) in [6, 6.07) is -0.238. The molecule has 1 amide bonds. The van der Waals surface area contributed by atoms with Crippen molar-refractivity contribution in [3.8, 4) is 0 Å². The van der Waals surface area contributed by atoms with Gasteiger partial charge >= 0.3 is 0 Å². The van der Waals surface area contributed by atoms with Crippen molar-refractivity contribution in [2.45, 2.75) is 46.1 Å². The summed E-state index contributed by atoms with van der Waals surface area (Å²) < 4.78 is 0. The molecule has 4 atom stereocenters. The predicted octanol–water partition coefficient (Wildman–Crippen LogP) is 3.44. The Morgan fingerprint density at radius 3 is 2.59 bits per heavy atom. The summed E-state index contributed by atoms with van der Waals surface area (Å²) >= 11 is 0. The van der Waals surface area contributed by atoms with E-state index in [1.165, 1.54) is 6.42 Å². The molecule has 0 spiro atoms. The van der Waals surface area contributed by atoms with Crippen LogP contribution in [0.15, 0.2) is 37.0 Å². The third-order valence-electron chi connectivity index (χ3n) is 4.83. The van der Waals surface area contributed by atoms with Crippen molar-refractivity contribution in [1.82, 2.24) is 5.32 Å². The summed E-state index contributed by atoms with van der Waals surface area (Å²) in [6.45, 7) is 14.5. The van der Waals surface area contributed by atoms with Gasteiger partial charge in [0.15, 0.2) is 0 Å². The van der Waals surface area contributed by atoms with E-state index in [1.807, 2.05) is 6.08 Å². The van der Waals surface area contributed by atoms with E-state index in [2.05, 4.69) is 39.2 Å². The second-order valence-electron chi connectivity index (χ2n) is 6.89. The minimum absolute atomic E-state index is 0.117. The standard InChI is InChI=1S/C19H32N2O/c1-6-8-15(7-2)18(20)12-21-19(22)17-11-14(5)9-10-16(17)13(3)4/h6-8,13-14,16-18H,1-2,9-12,20H2,3-5H3,(H,21,22)/b15-8+/t14?,16-,17+,18-/m0/s1. The van der Waals surface area contributed by atoms with Gasteiger partial charge < -0.3 is 11.1 Å². The average molecular weight is 304 g/mol. The Morgan fingerprint density at radius 1 is 1.36 bits per heavy atom. The second-order valence-corrected chi connectivity index (χ2v) is 6.89. The SMILES string of the molecule is C=C/C=C(\C=C)[C@@H](N)CNC(=O)[C@@H]1CC(C)CC[C@H]1C(C)C. The van der Waals surface area contributed by atoms with Crippen molar-refractivity contribution >= 4 is 5.91 Å². The van der Waals surface area contributed by atoms with Crippen LogP contribution in [0.2, 0.25) is 0 Å². The van der Waals surface area contributed by atoms with E-state index in [9.17, 15) is 4.79 Å². The van der Waals surface area contributed by atoms with Crippen molar-refractivity contribution in [2.24, 2.45) is 29.4 Å². The Hall–Kier alpha value is -1.35. The normalized spacial score (nSPS) is 27.3. The van der Waals surface area contributed by atoms with Crippen LogP contribution in [-0.4, -0.2) is 18.5 Å². The first-order valence-corrected chi connectivity index (χ1v) is 8.39. The van der Waals surface area contributed by atoms with Gasteiger partial charge in [-0.3, -0.25) is 4.79 Å². The molecule has 0 aliphatic heterocycles. The zero-order chi connectivity index (χ0) is 16.7. The Labute approximate surface area is 135 Å². The lowest BCUT2D eigenvalue weighted by molar-refractivity contribution is -0.129. The van der Waals surface area contributed by atoms with Crippen LogP contribution in [0.5, 0.6) is 0 Å². The number of carbonyl (C=O) groups is 1. The van der Waals surface area contributed by atoms with E-state index in [1.54, 1.807) is 12.2 Å². The average Bonchev–Trinajstić information content (AvgIpc) is 2.49. The van der Waals surface area contributed by atoms with E-state index in [0.717, 1.165) is 18.4 Å². The van der Waals surface area contributed by atoms with Crippen LogP contribution in [0.3, 0.4) is 0 Å². The number of allylic oxidation sites excluding steroid dienone is 2. The van der Waals surface area contributed by atoms with Gasteiger partial charge in [0.25, 0.3) is 0 Å². The number of nitrogens with one attached hydrogen (secondary N) is 1. The first kappa shape index (κ1) is 18.7. The van der Waals surface area contributed by atoms with Crippen molar-refractivity contribution in [2.75, 3.05) is 6.54 Å². The van der Waals surface area contributed by atoms with Crippen LogP contribution in [0.1, 0.15) is 40.0 Å². The van der Waals surface area contributed by atoms with Gasteiger partial charge in [-0.15, -0.1) is 0 Å². The number of nitrogens with two attached hydrogens (primary N) is 1. The van der Waals surface area contributed by atoms with Gasteiger partial charge in [-0.25, -0.2) is 0 Å². The highest BCUT2D eigenvalue weighted by atomic mass is 16.1. The molecule has 0 aromatic rings. The molecule has 3 heteroatoms. The summed E-state index contributed by atoms with van der Waals surface area (Å²) in [5, 5.41) is 3.04. The van der Waals surface area contributed by atoms with Gasteiger partial charge in [0.05, 0.1) is 0 Å². The molecule has 1 unspecified atom stereocenters. The van der Waals surface area contributed by atoms with Crippen LogP contribution in [0.4, 0.5) is 0 Å². The number of rotatable bonds is 7. The molecule has 0 radical (unpaired) electrons. The predicted molar refractivity (Wildman–Crippen MR) is 94.3 cm³/mol. The van der Waals surface area contributed by atoms with Gasteiger partial charge in [0, 0.05) is 18.5 Å². The third kappa shape index (κ3) is 5.13. The molecular weight excluding hydrogens is 272 g/mol. The molecule has 1 aliphatic carbocycles. The summed E-state index contributed by atoms with van der Waals surface area (Å²) in [6.07, 6.45) is 8.62.